The molecular weight excluding hydrogens is 316 g/mol. The zero-order valence-corrected chi connectivity index (χ0v) is 14.3. The van der Waals surface area contributed by atoms with E-state index in [0.717, 1.165) is 34.5 Å². The number of ether oxygens (including phenoxy) is 1. The molecule has 4 rings (SSSR count). The SMILES string of the molecule is CC(C)n1nc(-c2c(C3=CCOCC3)nn3ccccc23)ccc1=O. The van der Waals surface area contributed by atoms with Crippen molar-refractivity contribution in [1.29, 1.82) is 0 Å². The Balaban J connectivity index is 1.98. The number of hydrogen-bond donors (Lipinski definition) is 0. The van der Waals surface area contributed by atoms with Crippen LogP contribution in [0.1, 0.15) is 32.0 Å². The molecule has 3 aromatic rings. The number of pyridine rings is 1. The van der Waals surface area contributed by atoms with Gasteiger partial charge in [0.15, 0.2) is 0 Å². The van der Waals surface area contributed by atoms with Crippen molar-refractivity contribution in [1.82, 2.24) is 19.4 Å². The Kier molecular flexibility index (Phi) is 3.97. The lowest BCUT2D eigenvalue weighted by Gasteiger charge is -2.14. The summed E-state index contributed by atoms with van der Waals surface area (Å²) < 4.78 is 8.82. The molecule has 0 bridgehead atoms. The van der Waals surface area contributed by atoms with Gasteiger partial charge in [-0.15, -0.1) is 0 Å². The van der Waals surface area contributed by atoms with Gasteiger partial charge in [0, 0.05) is 12.3 Å². The number of aromatic nitrogens is 4. The van der Waals surface area contributed by atoms with Gasteiger partial charge in [-0.2, -0.15) is 10.2 Å². The van der Waals surface area contributed by atoms with Gasteiger partial charge < -0.3 is 4.74 Å². The third-order valence-electron chi connectivity index (χ3n) is 4.38. The summed E-state index contributed by atoms with van der Waals surface area (Å²) in [5, 5.41) is 9.39. The van der Waals surface area contributed by atoms with Crippen LogP contribution in [0.25, 0.3) is 22.3 Å². The van der Waals surface area contributed by atoms with Crippen LogP contribution in [0.3, 0.4) is 0 Å². The number of rotatable bonds is 3. The van der Waals surface area contributed by atoms with E-state index in [2.05, 4.69) is 11.2 Å². The molecule has 3 aromatic heterocycles. The first-order valence-electron chi connectivity index (χ1n) is 8.50. The normalized spacial score (nSPS) is 14.9. The van der Waals surface area contributed by atoms with Gasteiger partial charge in [0.2, 0.25) is 0 Å². The minimum atomic E-state index is -0.0953. The standard InChI is InChI=1S/C19H20N4O2/c1-13(2)23-17(24)7-6-15(20-23)18-16-5-3-4-10-22(16)21-19(18)14-8-11-25-12-9-14/h3-8,10,13H,9,11-12H2,1-2H3. The fraction of sp³-hybridized carbons (Fsp3) is 0.316. The Morgan fingerprint density at radius 3 is 2.80 bits per heavy atom. The highest BCUT2D eigenvalue weighted by atomic mass is 16.5. The van der Waals surface area contributed by atoms with Crippen molar-refractivity contribution in [3.8, 4) is 11.3 Å². The van der Waals surface area contributed by atoms with Crippen LogP contribution >= 0.6 is 0 Å². The van der Waals surface area contributed by atoms with Crippen molar-refractivity contribution in [3.05, 3.63) is 58.7 Å². The summed E-state index contributed by atoms with van der Waals surface area (Å²) >= 11 is 0. The Bertz CT molecular complexity index is 1010. The quantitative estimate of drug-likeness (QED) is 0.738. The van der Waals surface area contributed by atoms with Gasteiger partial charge in [-0.1, -0.05) is 12.1 Å². The molecule has 0 unspecified atom stereocenters. The summed E-state index contributed by atoms with van der Waals surface area (Å²) in [7, 11) is 0. The van der Waals surface area contributed by atoms with Gasteiger partial charge in [0.1, 0.15) is 0 Å². The number of hydrogen-bond acceptors (Lipinski definition) is 4. The van der Waals surface area contributed by atoms with E-state index in [1.807, 2.05) is 42.8 Å². The molecule has 25 heavy (non-hydrogen) atoms. The first-order chi connectivity index (χ1) is 12.1. The summed E-state index contributed by atoms with van der Waals surface area (Å²) in [6, 6.07) is 9.33. The highest BCUT2D eigenvalue weighted by Gasteiger charge is 2.21. The largest absolute Gasteiger partial charge is 0.377 e. The lowest BCUT2D eigenvalue weighted by Crippen LogP contribution is -2.24. The third-order valence-corrected chi connectivity index (χ3v) is 4.38. The van der Waals surface area contributed by atoms with Crippen molar-refractivity contribution < 1.29 is 4.74 Å². The van der Waals surface area contributed by atoms with E-state index in [1.54, 1.807) is 12.1 Å². The maximum atomic E-state index is 12.1. The maximum Gasteiger partial charge on any atom is 0.267 e. The van der Waals surface area contributed by atoms with Gasteiger partial charge >= 0.3 is 0 Å². The average Bonchev–Trinajstić information content (AvgIpc) is 3.02. The monoisotopic (exact) mass is 336 g/mol. The van der Waals surface area contributed by atoms with Gasteiger partial charge in [-0.05, 0) is 44.0 Å². The smallest absolute Gasteiger partial charge is 0.267 e. The first-order valence-corrected chi connectivity index (χ1v) is 8.50. The second-order valence-electron chi connectivity index (χ2n) is 6.40. The van der Waals surface area contributed by atoms with Gasteiger partial charge in [-0.25, -0.2) is 9.20 Å². The first kappa shape index (κ1) is 15.8. The van der Waals surface area contributed by atoms with Crippen LogP contribution in [0, 0.1) is 0 Å². The van der Waals surface area contributed by atoms with Crippen molar-refractivity contribution in [2.75, 3.05) is 13.2 Å². The molecule has 6 heteroatoms. The van der Waals surface area contributed by atoms with E-state index in [-0.39, 0.29) is 11.6 Å². The minimum Gasteiger partial charge on any atom is -0.377 e. The van der Waals surface area contributed by atoms with E-state index in [1.165, 1.54) is 4.68 Å². The molecule has 0 radical (unpaired) electrons. The van der Waals surface area contributed by atoms with Crippen molar-refractivity contribution in [2.24, 2.45) is 0 Å². The molecule has 6 nitrogen and oxygen atoms in total. The second kappa shape index (κ2) is 6.29. The molecule has 0 atom stereocenters. The van der Waals surface area contributed by atoms with Crippen LogP contribution in [0.15, 0.2) is 47.4 Å². The molecular formula is C19H20N4O2. The van der Waals surface area contributed by atoms with Crippen LogP contribution < -0.4 is 5.56 Å². The molecule has 0 spiro atoms. The Labute approximate surface area is 145 Å². The van der Waals surface area contributed by atoms with Gasteiger partial charge in [-0.3, -0.25) is 4.79 Å². The van der Waals surface area contributed by atoms with Crippen LogP contribution in [0.4, 0.5) is 0 Å². The van der Waals surface area contributed by atoms with Crippen LogP contribution in [0.2, 0.25) is 0 Å². The number of nitrogens with zero attached hydrogens (tertiary/aromatic N) is 4. The highest BCUT2D eigenvalue weighted by molar-refractivity contribution is 5.88. The molecule has 1 aliphatic heterocycles. The van der Waals surface area contributed by atoms with E-state index >= 15 is 0 Å². The molecule has 0 fully saturated rings. The maximum absolute atomic E-state index is 12.1. The van der Waals surface area contributed by atoms with Crippen molar-refractivity contribution >= 4 is 11.1 Å². The lowest BCUT2D eigenvalue weighted by atomic mass is 10.0. The van der Waals surface area contributed by atoms with E-state index < -0.39 is 0 Å². The minimum absolute atomic E-state index is 0.0000322. The zero-order valence-electron chi connectivity index (χ0n) is 14.3. The van der Waals surface area contributed by atoms with E-state index in [0.29, 0.717) is 13.2 Å². The molecule has 0 N–H and O–H groups in total. The average molecular weight is 336 g/mol. The molecule has 0 saturated heterocycles. The highest BCUT2D eigenvalue weighted by Crippen LogP contribution is 2.33. The predicted octanol–water partition coefficient (Wildman–Crippen LogP) is 2.94. The fourth-order valence-electron chi connectivity index (χ4n) is 3.15. The Morgan fingerprint density at radius 1 is 1.16 bits per heavy atom. The van der Waals surface area contributed by atoms with Gasteiger partial charge in [0.05, 0.1) is 41.7 Å². The summed E-state index contributed by atoms with van der Waals surface area (Å²) in [4.78, 5) is 12.1. The predicted molar refractivity (Wildman–Crippen MR) is 96.5 cm³/mol. The zero-order chi connectivity index (χ0) is 17.4. The summed E-state index contributed by atoms with van der Waals surface area (Å²) in [5.74, 6) is 0. The lowest BCUT2D eigenvalue weighted by molar-refractivity contribution is 0.161. The summed E-state index contributed by atoms with van der Waals surface area (Å²) in [6.45, 7) is 5.20. The topological polar surface area (TPSA) is 61.4 Å². The van der Waals surface area contributed by atoms with Crippen LogP contribution in [-0.2, 0) is 4.74 Å². The second-order valence-corrected chi connectivity index (χ2v) is 6.40. The van der Waals surface area contributed by atoms with E-state index in [9.17, 15) is 4.79 Å². The Hall–Kier alpha value is -2.73. The summed E-state index contributed by atoms with van der Waals surface area (Å²) in [6.07, 6.45) is 4.83. The molecule has 4 heterocycles. The molecule has 0 saturated carbocycles. The van der Waals surface area contributed by atoms with E-state index in [4.69, 9.17) is 9.84 Å². The van der Waals surface area contributed by atoms with Crippen molar-refractivity contribution in [2.45, 2.75) is 26.3 Å². The van der Waals surface area contributed by atoms with Crippen LogP contribution in [0.5, 0.6) is 0 Å². The van der Waals surface area contributed by atoms with Gasteiger partial charge in [0.25, 0.3) is 5.56 Å². The third kappa shape index (κ3) is 2.78. The molecule has 1 aliphatic rings. The van der Waals surface area contributed by atoms with Crippen molar-refractivity contribution in [3.63, 3.8) is 0 Å². The fourth-order valence-corrected chi connectivity index (χ4v) is 3.15. The summed E-state index contributed by atoms with van der Waals surface area (Å²) in [5.41, 5.74) is 4.68. The van der Waals surface area contributed by atoms with Crippen LogP contribution in [-0.4, -0.2) is 32.6 Å². The number of fused-ring (bicyclic) bond motifs is 1. The molecule has 0 aliphatic carbocycles. The molecule has 0 aromatic carbocycles. The molecule has 0 amide bonds. The molecule has 128 valence electrons. The Morgan fingerprint density at radius 2 is 2.04 bits per heavy atom.